The standard InChI is InChI=1S/C12H10ClIN4O/c1-6-3-7(2)15-10(4-6)16-8-5-9(13)17-18-11(8)12(14)19/h3-5H,1-2H3,(H,15,16,17). The van der Waals surface area contributed by atoms with Crippen LogP contribution in [0.2, 0.25) is 5.15 Å². The Morgan fingerprint density at radius 1 is 1.26 bits per heavy atom. The molecule has 0 fully saturated rings. The molecule has 5 nitrogen and oxygen atoms in total. The molecule has 2 heterocycles. The van der Waals surface area contributed by atoms with E-state index in [4.69, 9.17) is 11.6 Å². The first-order chi connectivity index (χ1) is 8.95. The fourth-order valence-corrected chi connectivity index (χ4v) is 2.20. The van der Waals surface area contributed by atoms with E-state index >= 15 is 0 Å². The third-order valence-electron chi connectivity index (χ3n) is 2.31. The van der Waals surface area contributed by atoms with Gasteiger partial charge in [0.15, 0.2) is 10.8 Å². The molecule has 2 aromatic rings. The van der Waals surface area contributed by atoms with Crippen LogP contribution in [0.4, 0.5) is 11.5 Å². The largest absolute Gasteiger partial charge is 0.338 e. The Hall–Kier alpha value is -1.28. The van der Waals surface area contributed by atoms with Gasteiger partial charge in [-0.25, -0.2) is 4.98 Å². The van der Waals surface area contributed by atoms with Gasteiger partial charge in [-0.15, -0.1) is 10.2 Å². The van der Waals surface area contributed by atoms with E-state index in [1.54, 1.807) is 28.7 Å². The summed E-state index contributed by atoms with van der Waals surface area (Å²) in [5.74, 6) is 0.639. The van der Waals surface area contributed by atoms with Gasteiger partial charge in [0.1, 0.15) is 5.82 Å². The Bertz CT molecular complexity index is 627. The Kier molecular flexibility index (Phi) is 4.31. The first kappa shape index (κ1) is 14.1. The summed E-state index contributed by atoms with van der Waals surface area (Å²) in [5, 5.41) is 10.7. The van der Waals surface area contributed by atoms with Gasteiger partial charge < -0.3 is 5.32 Å². The topological polar surface area (TPSA) is 67.8 Å². The maximum absolute atomic E-state index is 11.5. The predicted molar refractivity (Wildman–Crippen MR) is 82.4 cm³/mol. The predicted octanol–water partition coefficient (Wildman–Crippen LogP) is 3.46. The summed E-state index contributed by atoms with van der Waals surface area (Å²) in [6.07, 6.45) is 0. The Labute approximate surface area is 128 Å². The number of pyridine rings is 1. The number of halogens is 2. The first-order valence-electron chi connectivity index (χ1n) is 5.41. The van der Waals surface area contributed by atoms with Crippen LogP contribution in [0.3, 0.4) is 0 Å². The molecule has 0 aromatic carbocycles. The number of carbonyl (C=O) groups is 1. The van der Waals surface area contributed by atoms with E-state index in [9.17, 15) is 4.79 Å². The number of aromatic nitrogens is 3. The van der Waals surface area contributed by atoms with Crippen molar-refractivity contribution >= 4 is 49.5 Å². The highest BCUT2D eigenvalue weighted by molar-refractivity contribution is 14.1. The van der Waals surface area contributed by atoms with Crippen molar-refractivity contribution in [2.45, 2.75) is 13.8 Å². The highest BCUT2D eigenvalue weighted by Crippen LogP contribution is 2.23. The molecule has 0 saturated carbocycles. The van der Waals surface area contributed by atoms with Crippen LogP contribution in [0.5, 0.6) is 0 Å². The lowest BCUT2D eigenvalue weighted by Crippen LogP contribution is -2.05. The SMILES string of the molecule is Cc1cc(C)nc(Nc2cc(Cl)nnc2C(=O)I)c1. The smallest absolute Gasteiger partial charge is 0.244 e. The average molecular weight is 389 g/mol. The summed E-state index contributed by atoms with van der Waals surface area (Å²) in [7, 11) is 0. The number of nitrogens with one attached hydrogen (secondary N) is 1. The van der Waals surface area contributed by atoms with E-state index in [-0.39, 0.29) is 14.6 Å². The first-order valence-corrected chi connectivity index (χ1v) is 6.87. The maximum Gasteiger partial charge on any atom is 0.244 e. The van der Waals surface area contributed by atoms with Crippen molar-refractivity contribution in [3.8, 4) is 0 Å². The third-order valence-corrected chi connectivity index (χ3v) is 3.01. The lowest BCUT2D eigenvalue weighted by Gasteiger charge is -2.09. The van der Waals surface area contributed by atoms with Gasteiger partial charge in [0.25, 0.3) is 0 Å². The number of rotatable bonds is 3. The van der Waals surface area contributed by atoms with Crippen molar-refractivity contribution in [2.24, 2.45) is 0 Å². The lowest BCUT2D eigenvalue weighted by molar-refractivity contribution is 0.110. The normalized spacial score (nSPS) is 10.3. The Balaban J connectivity index is 2.42. The molecule has 98 valence electrons. The lowest BCUT2D eigenvalue weighted by atomic mass is 10.2. The minimum Gasteiger partial charge on any atom is -0.338 e. The summed E-state index contributed by atoms with van der Waals surface area (Å²) in [6, 6.07) is 5.40. The minimum absolute atomic E-state index is 0.214. The van der Waals surface area contributed by atoms with E-state index < -0.39 is 0 Å². The molecule has 0 aliphatic carbocycles. The van der Waals surface area contributed by atoms with Crippen LogP contribution in [0.15, 0.2) is 18.2 Å². The van der Waals surface area contributed by atoms with Crippen molar-refractivity contribution in [2.75, 3.05) is 5.32 Å². The molecule has 2 rings (SSSR count). The summed E-state index contributed by atoms with van der Waals surface area (Å²) >= 11 is 7.46. The van der Waals surface area contributed by atoms with Crippen LogP contribution in [0.1, 0.15) is 21.7 Å². The molecule has 0 atom stereocenters. The summed E-state index contributed by atoms with van der Waals surface area (Å²) in [6.45, 7) is 3.88. The molecule has 2 aromatic heterocycles. The molecule has 0 aliphatic rings. The van der Waals surface area contributed by atoms with Gasteiger partial charge in [-0.2, -0.15) is 0 Å². The second-order valence-electron chi connectivity index (χ2n) is 4.00. The van der Waals surface area contributed by atoms with Crippen molar-refractivity contribution < 1.29 is 4.79 Å². The number of anilines is 2. The molecular formula is C12H10ClIN4O. The van der Waals surface area contributed by atoms with Crippen LogP contribution in [-0.4, -0.2) is 19.0 Å². The van der Waals surface area contributed by atoms with Crippen molar-refractivity contribution in [3.63, 3.8) is 0 Å². The number of carbonyl (C=O) groups excluding carboxylic acids is 1. The van der Waals surface area contributed by atoms with Crippen LogP contribution < -0.4 is 5.32 Å². The fourth-order valence-electron chi connectivity index (χ4n) is 1.65. The average Bonchev–Trinajstić information content (AvgIpc) is 2.26. The number of hydrogen-bond donors (Lipinski definition) is 1. The molecule has 0 bridgehead atoms. The second-order valence-corrected chi connectivity index (χ2v) is 5.37. The van der Waals surface area contributed by atoms with E-state index in [0.717, 1.165) is 11.3 Å². The van der Waals surface area contributed by atoms with Crippen LogP contribution >= 0.6 is 34.2 Å². The van der Waals surface area contributed by atoms with Crippen LogP contribution in [0, 0.1) is 13.8 Å². The number of nitrogens with zero attached hydrogens (tertiary/aromatic N) is 3. The van der Waals surface area contributed by atoms with Gasteiger partial charge in [0, 0.05) is 34.4 Å². The van der Waals surface area contributed by atoms with Crippen molar-refractivity contribution in [3.05, 3.63) is 40.3 Å². The second kappa shape index (κ2) is 5.79. The summed E-state index contributed by atoms with van der Waals surface area (Å²) < 4.78 is -0.214. The molecule has 19 heavy (non-hydrogen) atoms. The van der Waals surface area contributed by atoms with E-state index in [2.05, 4.69) is 20.5 Å². The molecular weight excluding hydrogens is 379 g/mol. The Morgan fingerprint density at radius 2 is 2.00 bits per heavy atom. The van der Waals surface area contributed by atoms with Gasteiger partial charge in [0.2, 0.25) is 3.79 Å². The van der Waals surface area contributed by atoms with Gasteiger partial charge in [-0.3, -0.25) is 4.79 Å². The highest BCUT2D eigenvalue weighted by atomic mass is 127. The van der Waals surface area contributed by atoms with E-state index in [1.807, 2.05) is 26.0 Å². The molecule has 0 saturated heterocycles. The maximum atomic E-state index is 11.5. The third kappa shape index (κ3) is 3.60. The quantitative estimate of drug-likeness (QED) is 0.644. The molecule has 0 unspecified atom stereocenters. The monoisotopic (exact) mass is 388 g/mol. The fraction of sp³-hybridized carbons (Fsp3) is 0.167. The number of hydrogen-bond acceptors (Lipinski definition) is 5. The van der Waals surface area contributed by atoms with Crippen LogP contribution in [0.25, 0.3) is 0 Å². The van der Waals surface area contributed by atoms with Crippen LogP contribution in [-0.2, 0) is 0 Å². The van der Waals surface area contributed by atoms with Crippen molar-refractivity contribution in [1.29, 1.82) is 0 Å². The van der Waals surface area contributed by atoms with Gasteiger partial charge in [-0.05, 0) is 31.5 Å². The summed E-state index contributed by atoms with van der Waals surface area (Å²) in [5.41, 5.74) is 2.69. The molecule has 7 heteroatoms. The van der Waals surface area contributed by atoms with Crippen molar-refractivity contribution in [1.82, 2.24) is 15.2 Å². The van der Waals surface area contributed by atoms with Gasteiger partial charge >= 0.3 is 0 Å². The minimum atomic E-state index is -0.214. The zero-order valence-corrected chi connectivity index (χ0v) is 13.2. The molecule has 0 aliphatic heterocycles. The molecule has 0 spiro atoms. The molecule has 0 radical (unpaired) electrons. The molecule has 0 amide bonds. The van der Waals surface area contributed by atoms with Gasteiger partial charge in [-0.1, -0.05) is 11.6 Å². The molecule has 1 N–H and O–H groups in total. The number of aryl methyl sites for hydroxylation is 2. The summed E-state index contributed by atoms with van der Waals surface area (Å²) in [4.78, 5) is 15.8. The van der Waals surface area contributed by atoms with Gasteiger partial charge in [0.05, 0.1) is 5.69 Å². The zero-order chi connectivity index (χ0) is 14.0. The Morgan fingerprint density at radius 3 is 2.63 bits per heavy atom. The highest BCUT2D eigenvalue weighted by Gasteiger charge is 2.13. The zero-order valence-electron chi connectivity index (χ0n) is 10.2. The van der Waals surface area contributed by atoms with E-state index in [0.29, 0.717) is 11.5 Å². The van der Waals surface area contributed by atoms with E-state index in [1.165, 1.54) is 0 Å².